The van der Waals surface area contributed by atoms with E-state index < -0.39 is 19.8 Å². The fraction of sp³-hybridized carbons (Fsp3) is 0.667. The van der Waals surface area contributed by atoms with Gasteiger partial charge in [-0.25, -0.2) is 4.98 Å². The third-order valence-corrected chi connectivity index (χ3v) is 6.88. The van der Waals surface area contributed by atoms with E-state index in [1.807, 2.05) is 0 Å². The number of aromatic nitrogens is 3. The first-order chi connectivity index (χ1) is 13.0. The first-order valence-electron chi connectivity index (χ1n) is 9.50. The SMILES string of the molecule is C[Si](C)(C)CCOCn1cc(C(F)(F)F)c2c(NCC3CCC3)nc(Cl)nc21. The van der Waals surface area contributed by atoms with Gasteiger partial charge in [0.15, 0.2) is 0 Å². The molecule has 5 nitrogen and oxygen atoms in total. The van der Waals surface area contributed by atoms with Gasteiger partial charge >= 0.3 is 6.18 Å². The van der Waals surface area contributed by atoms with Gasteiger partial charge in [0.2, 0.25) is 5.28 Å². The summed E-state index contributed by atoms with van der Waals surface area (Å²) in [7, 11) is -1.28. The Morgan fingerprint density at radius 1 is 1.29 bits per heavy atom. The van der Waals surface area contributed by atoms with Crippen molar-refractivity contribution in [1.82, 2.24) is 14.5 Å². The molecule has 0 aliphatic heterocycles. The zero-order chi connectivity index (χ0) is 20.5. The van der Waals surface area contributed by atoms with E-state index in [0.717, 1.165) is 31.5 Å². The summed E-state index contributed by atoms with van der Waals surface area (Å²) < 4.78 is 48.0. The Kier molecular flexibility index (Phi) is 6.26. The second kappa shape index (κ2) is 8.20. The molecule has 0 saturated heterocycles. The van der Waals surface area contributed by atoms with Gasteiger partial charge in [-0.1, -0.05) is 26.1 Å². The summed E-state index contributed by atoms with van der Waals surface area (Å²) in [5, 5.41) is 2.92. The quantitative estimate of drug-likeness (QED) is 0.332. The summed E-state index contributed by atoms with van der Waals surface area (Å²) >= 11 is 6.01. The first-order valence-corrected chi connectivity index (χ1v) is 13.6. The lowest BCUT2D eigenvalue weighted by atomic mass is 9.85. The van der Waals surface area contributed by atoms with Crippen LogP contribution in [0.2, 0.25) is 31.0 Å². The van der Waals surface area contributed by atoms with Gasteiger partial charge in [0.1, 0.15) is 18.2 Å². The lowest BCUT2D eigenvalue weighted by molar-refractivity contribution is -0.136. The van der Waals surface area contributed by atoms with Gasteiger partial charge in [-0.2, -0.15) is 18.2 Å². The largest absolute Gasteiger partial charge is 0.418 e. The van der Waals surface area contributed by atoms with Gasteiger partial charge < -0.3 is 14.6 Å². The van der Waals surface area contributed by atoms with Crippen LogP contribution in [0.5, 0.6) is 0 Å². The normalized spacial score (nSPS) is 15.8. The van der Waals surface area contributed by atoms with E-state index in [1.54, 1.807) is 0 Å². The van der Waals surface area contributed by atoms with E-state index in [9.17, 15) is 13.2 Å². The highest BCUT2D eigenvalue weighted by molar-refractivity contribution is 6.76. The smallest absolute Gasteiger partial charge is 0.369 e. The van der Waals surface area contributed by atoms with Crippen LogP contribution < -0.4 is 5.32 Å². The number of anilines is 1. The van der Waals surface area contributed by atoms with E-state index >= 15 is 0 Å². The molecule has 1 saturated carbocycles. The first kappa shape index (κ1) is 21.4. The summed E-state index contributed by atoms with van der Waals surface area (Å²) in [4.78, 5) is 8.11. The Bertz CT molecular complexity index is 831. The van der Waals surface area contributed by atoms with Crippen LogP contribution in [-0.2, 0) is 17.6 Å². The van der Waals surface area contributed by atoms with Gasteiger partial charge in [0.05, 0.1) is 10.9 Å². The van der Waals surface area contributed by atoms with Crippen LogP contribution in [-0.4, -0.2) is 35.8 Å². The molecule has 2 aromatic rings. The highest BCUT2D eigenvalue weighted by Crippen LogP contribution is 2.39. The van der Waals surface area contributed by atoms with Gasteiger partial charge in [0.25, 0.3) is 0 Å². The lowest BCUT2D eigenvalue weighted by Crippen LogP contribution is -2.22. The lowest BCUT2D eigenvalue weighted by Gasteiger charge is -2.25. The number of fused-ring (bicyclic) bond motifs is 1. The van der Waals surface area contributed by atoms with Crippen molar-refractivity contribution < 1.29 is 17.9 Å². The zero-order valence-corrected chi connectivity index (χ0v) is 18.1. The second-order valence-electron chi connectivity index (χ2n) is 8.58. The van der Waals surface area contributed by atoms with Gasteiger partial charge in [-0.15, -0.1) is 0 Å². The monoisotopic (exact) mass is 434 g/mol. The van der Waals surface area contributed by atoms with Crippen LogP contribution >= 0.6 is 11.6 Å². The van der Waals surface area contributed by atoms with Gasteiger partial charge in [0, 0.05) is 27.4 Å². The van der Waals surface area contributed by atoms with Crippen LogP contribution in [0.25, 0.3) is 11.0 Å². The van der Waals surface area contributed by atoms with Crippen molar-refractivity contribution in [2.24, 2.45) is 5.92 Å². The molecule has 0 amide bonds. The highest BCUT2D eigenvalue weighted by atomic mass is 35.5. The number of hydrogen-bond donors (Lipinski definition) is 1. The molecule has 10 heteroatoms. The van der Waals surface area contributed by atoms with Crippen LogP contribution in [0.1, 0.15) is 24.8 Å². The number of halogens is 4. The summed E-state index contributed by atoms with van der Waals surface area (Å²) in [6.45, 7) is 7.73. The van der Waals surface area contributed by atoms with Crippen molar-refractivity contribution in [3.8, 4) is 0 Å². The van der Waals surface area contributed by atoms with Crippen molar-refractivity contribution >= 4 is 36.5 Å². The van der Waals surface area contributed by atoms with Crippen LogP contribution in [0.15, 0.2) is 6.20 Å². The molecule has 1 fully saturated rings. The Labute approximate surface area is 168 Å². The zero-order valence-electron chi connectivity index (χ0n) is 16.4. The summed E-state index contributed by atoms with van der Waals surface area (Å²) in [6, 6.07) is 0.933. The topological polar surface area (TPSA) is 52.0 Å². The molecule has 156 valence electrons. The minimum Gasteiger partial charge on any atom is -0.369 e. The molecule has 28 heavy (non-hydrogen) atoms. The van der Waals surface area contributed by atoms with Crippen LogP contribution in [0.3, 0.4) is 0 Å². The third-order valence-electron chi connectivity index (χ3n) is 5.00. The molecule has 2 aromatic heterocycles. The number of rotatable bonds is 8. The Balaban J connectivity index is 1.89. The highest BCUT2D eigenvalue weighted by Gasteiger charge is 2.37. The fourth-order valence-corrected chi connectivity index (χ4v) is 4.00. The Hall–Kier alpha value is -1.32. The molecule has 1 aliphatic rings. The molecule has 1 N–H and O–H groups in total. The number of nitrogens with zero attached hydrogens (tertiary/aromatic N) is 3. The minimum absolute atomic E-state index is 0.00747. The maximum absolute atomic E-state index is 13.7. The molecular formula is C18H26ClF3N4OSi. The third kappa shape index (κ3) is 5.18. The molecule has 1 aliphatic carbocycles. The predicted octanol–water partition coefficient (Wildman–Crippen LogP) is 5.63. The molecule has 3 rings (SSSR count). The molecule has 2 heterocycles. The minimum atomic E-state index is -4.52. The predicted molar refractivity (Wildman–Crippen MR) is 107 cm³/mol. The van der Waals surface area contributed by atoms with Gasteiger partial charge in [-0.3, -0.25) is 0 Å². The fourth-order valence-electron chi connectivity index (χ4n) is 3.08. The average Bonchev–Trinajstić information content (AvgIpc) is 2.88. The van der Waals surface area contributed by atoms with Crippen molar-refractivity contribution in [2.75, 3.05) is 18.5 Å². The average molecular weight is 435 g/mol. The van der Waals surface area contributed by atoms with E-state index in [2.05, 4.69) is 34.9 Å². The molecule has 0 bridgehead atoms. The van der Waals surface area contributed by atoms with E-state index in [1.165, 1.54) is 4.57 Å². The van der Waals surface area contributed by atoms with E-state index in [0.29, 0.717) is 19.1 Å². The van der Waals surface area contributed by atoms with E-state index in [-0.39, 0.29) is 28.9 Å². The Morgan fingerprint density at radius 3 is 2.57 bits per heavy atom. The second-order valence-corrected chi connectivity index (χ2v) is 14.5. The number of ether oxygens (including phenoxy) is 1. The molecule has 0 atom stereocenters. The van der Waals surface area contributed by atoms with Crippen molar-refractivity contribution in [3.05, 3.63) is 17.0 Å². The van der Waals surface area contributed by atoms with Crippen molar-refractivity contribution in [1.29, 1.82) is 0 Å². The van der Waals surface area contributed by atoms with Crippen LogP contribution in [0, 0.1) is 5.92 Å². The molecule has 0 aromatic carbocycles. The van der Waals surface area contributed by atoms with Gasteiger partial charge in [-0.05, 0) is 36.4 Å². The maximum atomic E-state index is 13.7. The molecule has 0 radical (unpaired) electrons. The number of hydrogen-bond acceptors (Lipinski definition) is 4. The number of nitrogens with one attached hydrogen (secondary N) is 1. The van der Waals surface area contributed by atoms with E-state index in [4.69, 9.17) is 16.3 Å². The Morgan fingerprint density at radius 2 is 2.00 bits per heavy atom. The summed E-state index contributed by atoms with van der Waals surface area (Å²) in [5.74, 6) is 0.597. The number of alkyl halides is 3. The van der Waals surface area contributed by atoms with Crippen molar-refractivity contribution in [3.63, 3.8) is 0 Å². The molecular weight excluding hydrogens is 409 g/mol. The maximum Gasteiger partial charge on any atom is 0.418 e. The summed E-state index contributed by atoms with van der Waals surface area (Å²) in [5.41, 5.74) is -0.638. The standard InChI is InChI=1S/C18H26ClF3N4OSi/c1-28(2,3)8-7-27-11-26-10-13(18(20,21)22)14-15(23-9-12-5-4-6-12)24-17(19)25-16(14)26/h10,12H,4-9,11H2,1-3H3,(H,23,24,25). The molecule has 0 unspecified atom stereocenters. The van der Waals surface area contributed by atoms with Crippen LogP contribution in [0.4, 0.5) is 19.0 Å². The molecule has 0 spiro atoms. The van der Waals surface area contributed by atoms with Crippen molar-refractivity contribution in [2.45, 2.75) is 57.9 Å². The summed E-state index contributed by atoms with van der Waals surface area (Å²) in [6.07, 6.45) is -0.171.